The van der Waals surface area contributed by atoms with Crippen molar-refractivity contribution in [2.45, 2.75) is 37.2 Å². The van der Waals surface area contributed by atoms with Crippen LogP contribution >= 0.6 is 11.6 Å². The summed E-state index contributed by atoms with van der Waals surface area (Å²) >= 11 is 6.03. The van der Waals surface area contributed by atoms with Crippen LogP contribution in [0.3, 0.4) is 0 Å². The highest BCUT2D eigenvalue weighted by molar-refractivity contribution is 7.89. The quantitative estimate of drug-likeness (QED) is 0.766. The zero-order valence-corrected chi connectivity index (χ0v) is 15.4. The maximum atomic E-state index is 13.6. The van der Waals surface area contributed by atoms with E-state index >= 15 is 0 Å². The van der Waals surface area contributed by atoms with Crippen LogP contribution in [-0.4, -0.2) is 18.8 Å². The Morgan fingerprint density at radius 1 is 1.28 bits per heavy atom. The Balaban J connectivity index is 2.03. The van der Waals surface area contributed by atoms with Gasteiger partial charge in [-0.2, -0.15) is 4.31 Å². The first kappa shape index (κ1) is 18.2. The second-order valence-electron chi connectivity index (χ2n) is 6.42. The van der Waals surface area contributed by atoms with Crippen molar-refractivity contribution in [1.82, 2.24) is 4.31 Å². The van der Waals surface area contributed by atoms with Gasteiger partial charge < -0.3 is 5.73 Å². The highest BCUT2D eigenvalue weighted by Gasteiger charge is 2.39. The summed E-state index contributed by atoms with van der Waals surface area (Å²) in [5.41, 5.74) is 6.22. The van der Waals surface area contributed by atoms with Crippen LogP contribution < -0.4 is 5.73 Å². The third-order valence-corrected chi connectivity index (χ3v) is 6.97. The van der Waals surface area contributed by atoms with Crippen molar-refractivity contribution in [1.29, 1.82) is 0 Å². The molecule has 4 nitrogen and oxygen atoms in total. The molecule has 2 N–H and O–H groups in total. The van der Waals surface area contributed by atoms with Gasteiger partial charge in [0.1, 0.15) is 10.7 Å². The van der Waals surface area contributed by atoms with Crippen LogP contribution in [0, 0.1) is 11.7 Å². The van der Waals surface area contributed by atoms with Crippen LogP contribution in [0.1, 0.15) is 25.3 Å². The maximum absolute atomic E-state index is 13.6. The third kappa shape index (κ3) is 3.81. The van der Waals surface area contributed by atoms with Crippen LogP contribution in [0.2, 0.25) is 5.02 Å². The van der Waals surface area contributed by atoms with Crippen LogP contribution in [-0.2, 0) is 16.6 Å². The smallest absolute Gasteiger partial charge is 0.245 e. The lowest BCUT2D eigenvalue weighted by molar-refractivity contribution is 0.303. The van der Waals surface area contributed by atoms with Gasteiger partial charge in [-0.05, 0) is 43.4 Å². The summed E-state index contributed by atoms with van der Waals surface area (Å²) in [6.45, 7) is 2.13. The van der Waals surface area contributed by atoms with Crippen molar-refractivity contribution in [2.75, 3.05) is 5.73 Å². The van der Waals surface area contributed by atoms with Gasteiger partial charge >= 0.3 is 0 Å². The van der Waals surface area contributed by atoms with Gasteiger partial charge in [-0.25, -0.2) is 12.8 Å². The van der Waals surface area contributed by atoms with Crippen LogP contribution in [0.5, 0.6) is 0 Å². The van der Waals surface area contributed by atoms with Gasteiger partial charge in [0, 0.05) is 12.6 Å². The predicted octanol–water partition coefficient (Wildman–Crippen LogP) is 4.05. The van der Waals surface area contributed by atoms with E-state index in [0.717, 1.165) is 30.5 Å². The van der Waals surface area contributed by atoms with Crippen molar-refractivity contribution in [3.8, 4) is 0 Å². The predicted molar refractivity (Wildman–Crippen MR) is 97.2 cm³/mol. The van der Waals surface area contributed by atoms with E-state index in [1.54, 1.807) is 0 Å². The summed E-state index contributed by atoms with van der Waals surface area (Å²) in [6.07, 6.45) is 2.00. The molecule has 1 aliphatic carbocycles. The second kappa shape index (κ2) is 6.94. The van der Waals surface area contributed by atoms with E-state index in [-0.39, 0.29) is 28.2 Å². The minimum atomic E-state index is -3.92. The number of nitrogen functional groups attached to an aromatic ring is 1. The third-order valence-electron chi connectivity index (χ3n) is 4.58. The molecule has 0 bridgehead atoms. The first-order chi connectivity index (χ1) is 11.8. The molecule has 0 saturated heterocycles. The number of nitrogens with zero attached hydrogens (tertiary/aromatic N) is 1. The number of halogens is 2. The Morgan fingerprint density at radius 3 is 2.52 bits per heavy atom. The lowest BCUT2D eigenvalue weighted by Gasteiger charge is -2.29. The summed E-state index contributed by atoms with van der Waals surface area (Å²) in [6, 6.07) is 11.2. The molecule has 7 heteroatoms. The molecule has 0 amide bonds. The van der Waals surface area contributed by atoms with E-state index in [2.05, 4.69) is 0 Å². The Labute approximate surface area is 152 Å². The molecule has 0 spiro atoms. The van der Waals surface area contributed by atoms with Gasteiger partial charge in [0.05, 0.1) is 10.7 Å². The number of anilines is 1. The van der Waals surface area contributed by atoms with Gasteiger partial charge in [0.25, 0.3) is 0 Å². The van der Waals surface area contributed by atoms with E-state index in [1.165, 1.54) is 4.31 Å². The molecule has 25 heavy (non-hydrogen) atoms. The zero-order valence-electron chi connectivity index (χ0n) is 13.8. The van der Waals surface area contributed by atoms with E-state index < -0.39 is 15.8 Å². The van der Waals surface area contributed by atoms with Gasteiger partial charge in [0.2, 0.25) is 10.0 Å². The summed E-state index contributed by atoms with van der Waals surface area (Å²) in [5, 5.41) is -0.159. The van der Waals surface area contributed by atoms with Gasteiger partial charge in [-0.1, -0.05) is 41.9 Å². The number of sulfonamides is 1. The molecule has 0 radical (unpaired) electrons. The topological polar surface area (TPSA) is 63.4 Å². The van der Waals surface area contributed by atoms with E-state index in [0.29, 0.717) is 5.92 Å². The van der Waals surface area contributed by atoms with Gasteiger partial charge in [-0.15, -0.1) is 0 Å². The van der Waals surface area contributed by atoms with Gasteiger partial charge in [-0.3, -0.25) is 0 Å². The fraction of sp³-hybridized carbons (Fsp3) is 0.333. The highest BCUT2D eigenvalue weighted by atomic mass is 35.5. The SMILES string of the molecule is CC(C1CC1)N(Cc1ccccc1)S(=O)(=O)c1cc(N)c(F)cc1Cl. The molecule has 1 atom stereocenters. The molecule has 1 aliphatic rings. The van der Waals surface area contributed by atoms with Crippen molar-refractivity contribution < 1.29 is 12.8 Å². The number of nitrogens with two attached hydrogens (primary N) is 1. The van der Waals surface area contributed by atoms with E-state index in [4.69, 9.17) is 17.3 Å². The van der Waals surface area contributed by atoms with Crippen LogP contribution in [0.15, 0.2) is 47.4 Å². The largest absolute Gasteiger partial charge is 0.396 e. The van der Waals surface area contributed by atoms with E-state index in [1.807, 2.05) is 37.3 Å². The summed E-state index contributed by atoms with van der Waals surface area (Å²) in [7, 11) is -3.92. The molecule has 0 aliphatic heterocycles. The van der Waals surface area contributed by atoms with Crippen molar-refractivity contribution in [3.05, 3.63) is 58.9 Å². The maximum Gasteiger partial charge on any atom is 0.245 e. The van der Waals surface area contributed by atoms with Crippen molar-refractivity contribution in [3.63, 3.8) is 0 Å². The number of hydrogen-bond acceptors (Lipinski definition) is 3. The Bertz CT molecular complexity index is 870. The fourth-order valence-corrected chi connectivity index (χ4v) is 5.10. The van der Waals surface area contributed by atoms with Crippen LogP contribution in [0.25, 0.3) is 0 Å². The summed E-state index contributed by atoms with van der Waals surface area (Å²) in [5.74, 6) is -0.399. The Kier molecular flexibility index (Phi) is 5.04. The molecule has 2 aromatic carbocycles. The molecular weight excluding hydrogens is 363 g/mol. The van der Waals surface area contributed by atoms with Crippen LogP contribution in [0.4, 0.5) is 10.1 Å². The number of benzene rings is 2. The normalized spacial score (nSPS) is 16.2. The molecule has 2 aromatic rings. The standard InChI is InChI=1S/C18H20ClFN2O2S/c1-12(14-7-8-14)22(11-13-5-3-2-4-6-13)25(23,24)18-10-17(21)16(20)9-15(18)19/h2-6,9-10,12,14H,7-8,11,21H2,1H3. The lowest BCUT2D eigenvalue weighted by atomic mass is 10.2. The summed E-state index contributed by atoms with van der Waals surface area (Å²) in [4.78, 5) is -0.156. The van der Waals surface area contributed by atoms with E-state index in [9.17, 15) is 12.8 Å². The number of rotatable bonds is 6. The number of hydrogen-bond donors (Lipinski definition) is 1. The van der Waals surface area contributed by atoms with Crippen molar-refractivity contribution >= 4 is 27.3 Å². The Hall–Kier alpha value is -1.63. The van der Waals surface area contributed by atoms with Gasteiger partial charge in [0.15, 0.2) is 0 Å². The molecule has 0 heterocycles. The van der Waals surface area contributed by atoms with Crippen molar-refractivity contribution in [2.24, 2.45) is 5.92 Å². The minimum Gasteiger partial charge on any atom is -0.396 e. The summed E-state index contributed by atoms with van der Waals surface area (Å²) < 4.78 is 41.5. The molecule has 134 valence electrons. The first-order valence-corrected chi connectivity index (χ1v) is 9.93. The molecule has 0 aromatic heterocycles. The first-order valence-electron chi connectivity index (χ1n) is 8.11. The zero-order chi connectivity index (χ0) is 18.2. The molecule has 1 unspecified atom stereocenters. The lowest BCUT2D eigenvalue weighted by Crippen LogP contribution is -2.39. The average Bonchev–Trinajstić information content (AvgIpc) is 3.41. The highest BCUT2D eigenvalue weighted by Crippen LogP contribution is 2.39. The average molecular weight is 383 g/mol. The minimum absolute atomic E-state index is 0.156. The molecule has 3 rings (SSSR count). The molecule has 1 fully saturated rings. The second-order valence-corrected chi connectivity index (χ2v) is 8.68. The fourth-order valence-electron chi connectivity index (χ4n) is 2.89. The molecule has 1 saturated carbocycles. The Morgan fingerprint density at radius 2 is 1.92 bits per heavy atom. The molecular formula is C18H20ClFN2O2S. The monoisotopic (exact) mass is 382 g/mol.